The van der Waals surface area contributed by atoms with E-state index in [0.717, 1.165) is 32.6 Å². The Labute approximate surface area is 117 Å². The number of amides is 1. The lowest BCUT2D eigenvalue weighted by molar-refractivity contribution is -0.132. The number of carbonyl (C=O) groups is 1. The molecule has 2 rings (SSSR count). The Morgan fingerprint density at radius 2 is 2.32 bits per heavy atom. The Morgan fingerprint density at radius 3 is 2.89 bits per heavy atom. The minimum atomic E-state index is -0.185. The van der Waals surface area contributed by atoms with E-state index >= 15 is 0 Å². The number of likely N-dealkylation sites (tertiary alicyclic amines) is 1. The van der Waals surface area contributed by atoms with Crippen molar-refractivity contribution in [1.82, 2.24) is 15.5 Å². The second-order valence-corrected chi connectivity index (χ2v) is 6.37. The second-order valence-electron chi connectivity index (χ2n) is 6.37. The lowest BCUT2D eigenvalue weighted by atomic mass is 9.75. The Balaban J connectivity index is 1.89. The molecule has 0 saturated carbocycles. The summed E-state index contributed by atoms with van der Waals surface area (Å²) < 4.78 is 0. The topological polar surface area (TPSA) is 44.4 Å². The molecule has 0 bridgehead atoms. The minimum Gasteiger partial charge on any atom is -0.354 e. The Kier molecular flexibility index (Phi) is 4.85. The lowest BCUT2D eigenvalue weighted by Gasteiger charge is -2.32. The van der Waals surface area contributed by atoms with Crippen LogP contribution < -0.4 is 10.6 Å². The standard InChI is InChI=1S/C15H29N3O/c1-4-18-9-5-6-13(18)10-17-14(19)15(12(2)3)7-8-16-11-15/h12-13,16H,4-11H2,1-3H3,(H,17,19). The summed E-state index contributed by atoms with van der Waals surface area (Å²) in [5.41, 5.74) is -0.185. The van der Waals surface area contributed by atoms with Crippen LogP contribution in [-0.2, 0) is 4.79 Å². The fourth-order valence-corrected chi connectivity index (χ4v) is 3.59. The summed E-state index contributed by atoms with van der Waals surface area (Å²) in [5.74, 6) is 0.656. The number of hydrogen-bond acceptors (Lipinski definition) is 3. The molecular weight excluding hydrogens is 238 g/mol. The number of carbonyl (C=O) groups excluding carboxylic acids is 1. The van der Waals surface area contributed by atoms with Gasteiger partial charge in [-0.15, -0.1) is 0 Å². The van der Waals surface area contributed by atoms with Gasteiger partial charge in [-0.1, -0.05) is 20.8 Å². The van der Waals surface area contributed by atoms with Crippen LogP contribution in [0.15, 0.2) is 0 Å². The van der Waals surface area contributed by atoms with Crippen LogP contribution in [0.1, 0.15) is 40.0 Å². The average molecular weight is 267 g/mol. The van der Waals surface area contributed by atoms with Crippen molar-refractivity contribution in [2.45, 2.75) is 46.1 Å². The molecule has 19 heavy (non-hydrogen) atoms. The van der Waals surface area contributed by atoms with Crippen molar-refractivity contribution in [1.29, 1.82) is 0 Å². The molecule has 4 nitrogen and oxygen atoms in total. The Hall–Kier alpha value is -0.610. The fraction of sp³-hybridized carbons (Fsp3) is 0.933. The molecule has 2 fully saturated rings. The van der Waals surface area contributed by atoms with Crippen LogP contribution in [0.3, 0.4) is 0 Å². The smallest absolute Gasteiger partial charge is 0.227 e. The first-order chi connectivity index (χ1) is 9.10. The highest BCUT2D eigenvalue weighted by Crippen LogP contribution is 2.34. The van der Waals surface area contributed by atoms with Gasteiger partial charge in [0.1, 0.15) is 0 Å². The van der Waals surface area contributed by atoms with Gasteiger partial charge in [0.15, 0.2) is 0 Å². The van der Waals surface area contributed by atoms with Crippen molar-refractivity contribution in [3.8, 4) is 0 Å². The van der Waals surface area contributed by atoms with Crippen LogP contribution in [0.2, 0.25) is 0 Å². The molecule has 2 saturated heterocycles. The average Bonchev–Trinajstić information content (AvgIpc) is 3.05. The molecule has 2 atom stereocenters. The molecule has 2 unspecified atom stereocenters. The van der Waals surface area contributed by atoms with Gasteiger partial charge in [-0.25, -0.2) is 0 Å². The van der Waals surface area contributed by atoms with Crippen molar-refractivity contribution in [3.63, 3.8) is 0 Å². The first-order valence-electron chi connectivity index (χ1n) is 7.83. The largest absolute Gasteiger partial charge is 0.354 e. The third kappa shape index (κ3) is 2.95. The molecule has 110 valence electrons. The van der Waals surface area contributed by atoms with E-state index in [-0.39, 0.29) is 11.3 Å². The van der Waals surface area contributed by atoms with E-state index in [2.05, 4.69) is 36.3 Å². The van der Waals surface area contributed by atoms with E-state index in [1.165, 1.54) is 19.4 Å². The van der Waals surface area contributed by atoms with Crippen molar-refractivity contribution >= 4 is 5.91 Å². The molecule has 2 aliphatic heterocycles. The van der Waals surface area contributed by atoms with Crippen LogP contribution in [0, 0.1) is 11.3 Å². The van der Waals surface area contributed by atoms with E-state index in [1.54, 1.807) is 0 Å². The number of rotatable bonds is 5. The summed E-state index contributed by atoms with van der Waals surface area (Å²) >= 11 is 0. The highest BCUT2D eigenvalue weighted by atomic mass is 16.2. The maximum Gasteiger partial charge on any atom is 0.227 e. The zero-order valence-electron chi connectivity index (χ0n) is 12.7. The van der Waals surface area contributed by atoms with Gasteiger partial charge in [-0.05, 0) is 44.8 Å². The maximum atomic E-state index is 12.6. The van der Waals surface area contributed by atoms with Crippen LogP contribution in [0.5, 0.6) is 0 Å². The number of nitrogens with zero attached hydrogens (tertiary/aromatic N) is 1. The molecule has 2 aliphatic rings. The molecule has 0 aromatic rings. The zero-order valence-corrected chi connectivity index (χ0v) is 12.7. The van der Waals surface area contributed by atoms with Crippen molar-refractivity contribution in [2.24, 2.45) is 11.3 Å². The zero-order chi connectivity index (χ0) is 13.9. The summed E-state index contributed by atoms with van der Waals surface area (Å²) in [7, 11) is 0. The van der Waals surface area contributed by atoms with E-state index in [0.29, 0.717) is 12.0 Å². The molecule has 0 aliphatic carbocycles. The van der Waals surface area contributed by atoms with Crippen LogP contribution in [-0.4, -0.2) is 49.6 Å². The normalized spacial score (nSPS) is 32.1. The van der Waals surface area contributed by atoms with E-state index in [1.807, 2.05) is 0 Å². The highest BCUT2D eigenvalue weighted by molar-refractivity contribution is 5.83. The molecular formula is C15H29N3O. The van der Waals surface area contributed by atoms with Crippen molar-refractivity contribution in [2.75, 3.05) is 32.7 Å². The number of nitrogens with one attached hydrogen (secondary N) is 2. The summed E-state index contributed by atoms with van der Waals surface area (Å²) in [4.78, 5) is 15.1. The highest BCUT2D eigenvalue weighted by Gasteiger charge is 2.43. The van der Waals surface area contributed by atoms with Gasteiger partial charge in [0.2, 0.25) is 5.91 Å². The van der Waals surface area contributed by atoms with E-state index < -0.39 is 0 Å². The van der Waals surface area contributed by atoms with Gasteiger partial charge < -0.3 is 10.6 Å². The molecule has 0 aromatic heterocycles. The molecule has 4 heteroatoms. The van der Waals surface area contributed by atoms with Crippen LogP contribution >= 0.6 is 0 Å². The lowest BCUT2D eigenvalue weighted by Crippen LogP contribution is -2.49. The quantitative estimate of drug-likeness (QED) is 0.787. The Bertz CT molecular complexity index is 311. The van der Waals surface area contributed by atoms with Crippen LogP contribution in [0.25, 0.3) is 0 Å². The number of likely N-dealkylation sites (N-methyl/N-ethyl adjacent to an activating group) is 1. The third-order valence-corrected chi connectivity index (χ3v) is 5.15. The van der Waals surface area contributed by atoms with Gasteiger partial charge in [0, 0.05) is 19.1 Å². The summed E-state index contributed by atoms with van der Waals surface area (Å²) in [5, 5.41) is 6.58. The molecule has 0 spiro atoms. The predicted octanol–water partition coefficient (Wildman–Crippen LogP) is 1.22. The van der Waals surface area contributed by atoms with Gasteiger partial charge >= 0.3 is 0 Å². The first kappa shape index (κ1) is 14.8. The minimum absolute atomic E-state index is 0.185. The van der Waals surface area contributed by atoms with Gasteiger partial charge in [-0.2, -0.15) is 0 Å². The van der Waals surface area contributed by atoms with Gasteiger partial charge in [0.05, 0.1) is 5.41 Å². The summed E-state index contributed by atoms with van der Waals surface area (Å²) in [6.45, 7) is 11.4. The maximum absolute atomic E-state index is 12.6. The molecule has 2 N–H and O–H groups in total. The fourth-order valence-electron chi connectivity index (χ4n) is 3.59. The monoisotopic (exact) mass is 267 g/mol. The van der Waals surface area contributed by atoms with Gasteiger partial charge in [-0.3, -0.25) is 9.69 Å². The molecule has 0 aromatic carbocycles. The SMILES string of the molecule is CCN1CCCC1CNC(=O)C1(C(C)C)CCNC1. The second kappa shape index (κ2) is 6.23. The molecule has 0 radical (unpaired) electrons. The third-order valence-electron chi connectivity index (χ3n) is 5.15. The van der Waals surface area contributed by atoms with Crippen molar-refractivity contribution in [3.05, 3.63) is 0 Å². The van der Waals surface area contributed by atoms with Crippen molar-refractivity contribution < 1.29 is 4.79 Å². The van der Waals surface area contributed by atoms with E-state index in [9.17, 15) is 4.79 Å². The summed E-state index contributed by atoms with van der Waals surface area (Å²) in [6, 6.07) is 0.549. The van der Waals surface area contributed by atoms with Gasteiger partial charge in [0.25, 0.3) is 0 Å². The molecule has 1 amide bonds. The summed E-state index contributed by atoms with van der Waals surface area (Å²) in [6.07, 6.45) is 3.46. The number of hydrogen-bond donors (Lipinski definition) is 2. The van der Waals surface area contributed by atoms with E-state index in [4.69, 9.17) is 0 Å². The Morgan fingerprint density at radius 1 is 1.53 bits per heavy atom. The predicted molar refractivity (Wildman–Crippen MR) is 78.0 cm³/mol. The molecule has 2 heterocycles. The van der Waals surface area contributed by atoms with Crippen LogP contribution in [0.4, 0.5) is 0 Å². The first-order valence-corrected chi connectivity index (χ1v) is 7.83.